The number of rotatable bonds is 15. The van der Waals surface area contributed by atoms with E-state index in [4.69, 9.17) is 9.47 Å². The van der Waals surface area contributed by atoms with Crippen LogP contribution >= 0.6 is 0 Å². The third-order valence-electron chi connectivity index (χ3n) is 8.59. The monoisotopic (exact) mass is 652 g/mol. The molecule has 0 atom stereocenters. The number of ether oxygens (including phenoxy) is 2. The molecule has 6 heteroatoms. The minimum Gasteiger partial charge on any atom is -0.507 e. The summed E-state index contributed by atoms with van der Waals surface area (Å²) in [6.45, 7) is 26.1. The molecule has 0 aliphatic heterocycles. The van der Waals surface area contributed by atoms with E-state index in [9.17, 15) is 19.8 Å². The van der Waals surface area contributed by atoms with Crippen LogP contribution in [0.4, 0.5) is 0 Å². The Kier molecular flexibility index (Phi) is 14.2. The van der Waals surface area contributed by atoms with Crippen LogP contribution in [0.3, 0.4) is 0 Å². The van der Waals surface area contributed by atoms with Gasteiger partial charge >= 0.3 is 5.97 Å². The molecule has 6 nitrogen and oxygen atoms in total. The molecule has 0 fully saturated rings. The number of carbonyl (C=O) groups is 2. The number of unbranched alkanes of at least 4 members (excludes halogenated alkanes) is 3. The Balaban J connectivity index is 1.68. The first kappa shape index (κ1) is 40.3. The van der Waals surface area contributed by atoms with Crippen molar-refractivity contribution in [3.05, 3.63) is 57.6 Å². The fourth-order valence-electron chi connectivity index (χ4n) is 5.67. The van der Waals surface area contributed by atoms with Gasteiger partial charge in [-0.05, 0) is 87.1 Å². The van der Waals surface area contributed by atoms with Crippen molar-refractivity contribution in [3.8, 4) is 11.5 Å². The molecule has 2 rings (SSSR count). The quantitative estimate of drug-likeness (QED) is 0.147. The second-order valence-corrected chi connectivity index (χ2v) is 17.3. The number of aryl methyl sites for hydroxylation is 2. The SMILES string of the molecule is CC(C)(C)c1cc(CCC(=O)COCCCCCCOC(=O)CCc2cc(C(C)(C)C)c(O)c(C(C)(C)C)c2)cc(C(C)(C)C)c1O. The number of carbonyl (C=O) groups excluding carboxylic acids is 2. The van der Waals surface area contributed by atoms with Crippen molar-refractivity contribution >= 4 is 11.8 Å². The molecule has 0 unspecified atom stereocenters. The summed E-state index contributed by atoms with van der Waals surface area (Å²) in [4.78, 5) is 25.0. The molecule has 2 aromatic rings. The molecule has 264 valence electrons. The summed E-state index contributed by atoms with van der Waals surface area (Å²) < 4.78 is 11.1. The topological polar surface area (TPSA) is 93.1 Å². The summed E-state index contributed by atoms with van der Waals surface area (Å²) in [5, 5.41) is 21.9. The Morgan fingerprint density at radius 2 is 0.915 bits per heavy atom. The molecule has 0 spiro atoms. The largest absolute Gasteiger partial charge is 0.507 e. The van der Waals surface area contributed by atoms with Crippen LogP contribution in [-0.2, 0) is 53.6 Å². The van der Waals surface area contributed by atoms with Crippen LogP contribution in [-0.4, -0.2) is 41.8 Å². The smallest absolute Gasteiger partial charge is 0.306 e. The Morgan fingerprint density at radius 1 is 0.553 bits per heavy atom. The van der Waals surface area contributed by atoms with Gasteiger partial charge in [0.25, 0.3) is 0 Å². The number of phenols is 2. The molecule has 2 N–H and O–H groups in total. The number of aromatic hydroxyl groups is 2. The minimum absolute atomic E-state index is 0.0798. The average Bonchev–Trinajstić information content (AvgIpc) is 2.92. The zero-order chi connectivity index (χ0) is 35.8. The molecule has 0 bridgehead atoms. The maximum absolute atomic E-state index is 12.5. The molecule has 0 aliphatic rings. The van der Waals surface area contributed by atoms with Crippen LogP contribution in [0.2, 0.25) is 0 Å². The highest BCUT2D eigenvalue weighted by Gasteiger charge is 2.28. The van der Waals surface area contributed by atoms with Gasteiger partial charge in [0.15, 0.2) is 5.78 Å². The highest BCUT2D eigenvalue weighted by molar-refractivity contribution is 5.79. The third kappa shape index (κ3) is 12.9. The van der Waals surface area contributed by atoms with Crippen molar-refractivity contribution < 1.29 is 29.3 Å². The first-order chi connectivity index (χ1) is 21.5. The number of Topliss-reactive ketones (excluding diaryl/α,β-unsaturated/α-hetero) is 1. The maximum atomic E-state index is 12.5. The van der Waals surface area contributed by atoms with E-state index in [1.54, 1.807) is 0 Å². The maximum Gasteiger partial charge on any atom is 0.306 e. The van der Waals surface area contributed by atoms with Crippen LogP contribution in [0, 0.1) is 0 Å². The summed E-state index contributed by atoms with van der Waals surface area (Å²) in [6, 6.07) is 8.12. The van der Waals surface area contributed by atoms with Gasteiger partial charge in [-0.3, -0.25) is 9.59 Å². The average molecular weight is 653 g/mol. The Hall–Kier alpha value is -2.86. The minimum atomic E-state index is -0.205. The second kappa shape index (κ2) is 16.5. The van der Waals surface area contributed by atoms with Crippen molar-refractivity contribution in [2.45, 2.75) is 156 Å². The van der Waals surface area contributed by atoms with Gasteiger partial charge in [0, 0.05) is 19.4 Å². The van der Waals surface area contributed by atoms with Crippen LogP contribution in [0.15, 0.2) is 24.3 Å². The normalized spacial score (nSPS) is 12.8. The zero-order valence-electron chi connectivity index (χ0n) is 31.6. The lowest BCUT2D eigenvalue weighted by Gasteiger charge is -2.28. The van der Waals surface area contributed by atoms with Crippen LogP contribution in [0.1, 0.15) is 155 Å². The Morgan fingerprint density at radius 3 is 1.30 bits per heavy atom. The molecule has 0 radical (unpaired) electrons. The number of hydrogen-bond donors (Lipinski definition) is 2. The van der Waals surface area contributed by atoms with Crippen molar-refractivity contribution in [1.82, 2.24) is 0 Å². The molecule has 0 heterocycles. The lowest BCUT2D eigenvalue weighted by molar-refractivity contribution is -0.143. The van der Waals surface area contributed by atoms with E-state index in [0.29, 0.717) is 50.4 Å². The van der Waals surface area contributed by atoms with Gasteiger partial charge in [0.1, 0.15) is 18.1 Å². The number of hydrogen-bond acceptors (Lipinski definition) is 6. The van der Waals surface area contributed by atoms with Crippen molar-refractivity contribution in [2.24, 2.45) is 0 Å². The van der Waals surface area contributed by atoms with Crippen molar-refractivity contribution in [1.29, 1.82) is 0 Å². The zero-order valence-corrected chi connectivity index (χ0v) is 31.6. The molecular weight excluding hydrogens is 588 g/mol. The standard InChI is InChI=1S/C41H64O6/c1-38(2,3)31-23-28(24-32(36(31)44)39(4,5)6)17-19-30(42)27-46-21-15-13-14-16-22-47-35(43)20-18-29-25-33(40(7,8)9)37(45)34(26-29)41(10,11)12/h23-26,44-45H,13-22,27H2,1-12H3. The summed E-state index contributed by atoms with van der Waals surface area (Å²) >= 11 is 0. The van der Waals surface area contributed by atoms with E-state index in [0.717, 1.165) is 59.1 Å². The van der Waals surface area contributed by atoms with Crippen LogP contribution in [0.25, 0.3) is 0 Å². The number of phenolic OH excluding ortho intramolecular Hbond substituents is 2. The number of esters is 1. The fraction of sp³-hybridized carbons (Fsp3) is 0.659. The second-order valence-electron chi connectivity index (χ2n) is 17.3. The van der Waals surface area contributed by atoms with Gasteiger partial charge in [-0.1, -0.05) is 114 Å². The van der Waals surface area contributed by atoms with E-state index in [-0.39, 0.29) is 40.0 Å². The predicted molar refractivity (Wildman–Crippen MR) is 193 cm³/mol. The lowest BCUT2D eigenvalue weighted by atomic mass is 9.78. The molecule has 0 aromatic heterocycles. The molecule has 0 saturated carbocycles. The molecule has 2 aromatic carbocycles. The van der Waals surface area contributed by atoms with E-state index >= 15 is 0 Å². The highest BCUT2D eigenvalue weighted by atomic mass is 16.5. The highest BCUT2D eigenvalue weighted by Crippen LogP contribution is 2.41. The molecule has 0 saturated heterocycles. The van der Waals surface area contributed by atoms with Crippen LogP contribution < -0.4 is 0 Å². The van der Waals surface area contributed by atoms with E-state index in [1.807, 2.05) is 24.3 Å². The lowest BCUT2D eigenvalue weighted by Crippen LogP contribution is -2.18. The number of benzene rings is 2. The predicted octanol–water partition coefficient (Wildman–Crippen LogP) is 9.54. The van der Waals surface area contributed by atoms with Crippen LogP contribution in [0.5, 0.6) is 11.5 Å². The van der Waals surface area contributed by atoms with E-state index in [2.05, 4.69) is 83.1 Å². The first-order valence-electron chi connectivity index (χ1n) is 17.5. The Labute approximate surface area is 285 Å². The molecule has 47 heavy (non-hydrogen) atoms. The molecule has 0 aliphatic carbocycles. The summed E-state index contributed by atoms with van der Waals surface area (Å²) in [5.41, 5.74) is 4.93. The Bertz CT molecular complexity index is 1170. The first-order valence-corrected chi connectivity index (χ1v) is 17.5. The third-order valence-corrected chi connectivity index (χ3v) is 8.59. The van der Waals surface area contributed by atoms with Gasteiger partial charge in [-0.15, -0.1) is 0 Å². The fourth-order valence-corrected chi connectivity index (χ4v) is 5.67. The molecule has 0 amide bonds. The van der Waals surface area contributed by atoms with Gasteiger partial charge in [0.2, 0.25) is 0 Å². The summed E-state index contributed by atoms with van der Waals surface area (Å²) in [5.74, 6) is 0.585. The summed E-state index contributed by atoms with van der Waals surface area (Å²) in [7, 11) is 0. The van der Waals surface area contributed by atoms with Gasteiger partial charge in [-0.2, -0.15) is 0 Å². The van der Waals surface area contributed by atoms with Crippen molar-refractivity contribution in [2.75, 3.05) is 19.8 Å². The van der Waals surface area contributed by atoms with Gasteiger partial charge in [-0.25, -0.2) is 0 Å². The molecular formula is C41H64O6. The van der Waals surface area contributed by atoms with Crippen molar-refractivity contribution in [3.63, 3.8) is 0 Å². The number of ketones is 1. The van der Waals surface area contributed by atoms with E-state index < -0.39 is 0 Å². The summed E-state index contributed by atoms with van der Waals surface area (Å²) in [6.07, 6.45) is 5.45. The van der Waals surface area contributed by atoms with Gasteiger partial charge in [0.05, 0.1) is 6.61 Å². The van der Waals surface area contributed by atoms with E-state index in [1.165, 1.54) is 0 Å². The van der Waals surface area contributed by atoms with Gasteiger partial charge < -0.3 is 19.7 Å².